The van der Waals surface area contributed by atoms with Crippen molar-refractivity contribution in [1.82, 2.24) is 20.0 Å². The van der Waals surface area contributed by atoms with Crippen molar-refractivity contribution in [2.24, 2.45) is 0 Å². The first kappa shape index (κ1) is 14.0. The molecule has 6 nitrogen and oxygen atoms in total. The number of anilines is 1. The zero-order chi connectivity index (χ0) is 14.5. The number of piperazine rings is 1. The zero-order valence-electron chi connectivity index (χ0n) is 12.4. The molecule has 0 amide bonds. The fourth-order valence-corrected chi connectivity index (χ4v) is 2.55. The lowest BCUT2D eigenvalue weighted by Gasteiger charge is -2.34. The Kier molecular flexibility index (Phi) is 4.45. The third kappa shape index (κ3) is 3.58. The van der Waals surface area contributed by atoms with E-state index in [1.54, 1.807) is 0 Å². The van der Waals surface area contributed by atoms with Gasteiger partial charge in [0.1, 0.15) is 5.82 Å². The second-order valence-corrected chi connectivity index (χ2v) is 5.31. The van der Waals surface area contributed by atoms with Gasteiger partial charge in [-0.2, -0.15) is 4.98 Å². The maximum Gasteiger partial charge on any atom is 0.240 e. The molecule has 0 N–H and O–H groups in total. The van der Waals surface area contributed by atoms with Crippen LogP contribution in [0.3, 0.4) is 0 Å². The summed E-state index contributed by atoms with van der Waals surface area (Å²) >= 11 is 0. The van der Waals surface area contributed by atoms with Crippen LogP contribution in [0.5, 0.6) is 0 Å². The Labute approximate surface area is 124 Å². The van der Waals surface area contributed by atoms with Crippen molar-refractivity contribution < 1.29 is 4.52 Å². The number of hydrogen-bond donors (Lipinski definition) is 0. The lowest BCUT2D eigenvalue weighted by molar-refractivity contribution is 0.215. The third-order valence-electron chi connectivity index (χ3n) is 3.69. The van der Waals surface area contributed by atoms with E-state index in [9.17, 15) is 0 Å². The van der Waals surface area contributed by atoms with Crippen LogP contribution in [-0.2, 0) is 13.0 Å². The van der Waals surface area contributed by atoms with Crippen LogP contribution in [0, 0.1) is 0 Å². The van der Waals surface area contributed by atoms with Crippen LogP contribution in [0.4, 0.5) is 5.82 Å². The summed E-state index contributed by atoms with van der Waals surface area (Å²) in [6.45, 7) is 6.80. The second kappa shape index (κ2) is 6.67. The van der Waals surface area contributed by atoms with Crippen molar-refractivity contribution >= 4 is 5.82 Å². The second-order valence-electron chi connectivity index (χ2n) is 5.31. The average molecular weight is 287 g/mol. The molecule has 3 heterocycles. The van der Waals surface area contributed by atoms with Crippen molar-refractivity contribution in [3.8, 4) is 0 Å². The molecule has 1 aliphatic rings. The molecule has 0 bridgehead atoms. The predicted molar refractivity (Wildman–Crippen MR) is 80.0 cm³/mol. The van der Waals surface area contributed by atoms with Gasteiger partial charge in [0.15, 0.2) is 5.82 Å². The minimum atomic E-state index is 0.727. The van der Waals surface area contributed by atoms with Crippen LogP contribution >= 0.6 is 0 Å². The highest BCUT2D eigenvalue weighted by Crippen LogP contribution is 2.14. The Bertz CT molecular complexity index is 548. The summed E-state index contributed by atoms with van der Waals surface area (Å²) in [5, 5.41) is 4.00. The molecule has 1 aliphatic heterocycles. The van der Waals surface area contributed by atoms with Crippen molar-refractivity contribution in [2.75, 3.05) is 31.1 Å². The normalized spacial score (nSPS) is 16.3. The highest BCUT2D eigenvalue weighted by atomic mass is 16.5. The van der Waals surface area contributed by atoms with Gasteiger partial charge >= 0.3 is 0 Å². The van der Waals surface area contributed by atoms with E-state index in [1.807, 2.05) is 18.3 Å². The molecule has 1 saturated heterocycles. The van der Waals surface area contributed by atoms with Gasteiger partial charge in [-0.05, 0) is 18.6 Å². The van der Waals surface area contributed by atoms with Gasteiger partial charge in [0, 0.05) is 38.8 Å². The number of aryl methyl sites for hydroxylation is 1. The molecule has 2 aromatic heterocycles. The zero-order valence-corrected chi connectivity index (χ0v) is 12.4. The fourth-order valence-electron chi connectivity index (χ4n) is 2.55. The van der Waals surface area contributed by atoms with E-state index in [0.717, 1.165) is 63.1 Å². The average Bonchev–Trinajstić information content (AvgIpc) is 2.97. The van der Waals surface area contributed by atoms with E-state index in [2.05, 4.69) is 37.9 Å². The molecule has 3 rings (SSSR count). The van der Waals surface area contributed by atoms with Gasteiger partial charge in [0.2, 0.25) is 5.89 Å². The van der Waals surface area contributed by atoms with Crippen LogP contribution in [-0.4, -0.2) is 46.2 Å². The molecule has 0 radical (unpaired) electrons. The number of hydrogen-bond acceptors (Lipinski definition) is 6. The van der Waals surface area contributed by atoms with Crippen LogP contribution in [0.25, 0.3) is 0 Å². The summed E-state index contributed by atoms with van der Waals surface area (Å²) in [4.78, 5) is 13.5. The number of pyridine rings is 1. The Morgan fingerprint density at radius 2 is 2.05 bits per heavy atom. The molecular formula is C15H21N5O. The molecule has 0 aliphatic carbocycles. The van der Waals surface area contributed by atoms with Crippen LogP contribution in [0.1, 0.15) is 25.1 Å². The maximum atomic E-state index is 5.30. The summed E-state index contributed by atoms with van der Waals surface area (Å²) in [5.74, 6) is 2.60. The first-order chi connectivity index (χ1) is 10.3. The molecule has 0 aromatic carbocycles. The van der Waals surface area contributed by atoms with Crippen molar-refractivity contribution in [2.45, 2.75) is 26.3 Å². The molecule has 0 saturated carbocycles. The van der Waals surface area contributed by atoms with Crippen LogP contribution in [0.2, 0.25) is 0 Å². The van der Waals surface area contributed by atoms with E-state index in [-0.39, 0.29) is 0 Å². The number of rotatable bonds is 5. The molecule has 2 aromatic rings. The van der Waals surface area contributed by atoms with E-state index in [0.29, 0.717) is 0 Å². The first-order valence-electron chi connectivity index (χ1n) is 7.55. The van der Waals surface area contributed by atoms with Gasteiger partial charge in [-0.25, -0.2) is 4.98 Å². The van der Waals surface area contributed by atoms with Crippen molar-refractivity contribution in [1.29, 1.82) is 0 Å². The van der Waals surface area contributed by atoms with E-state index in [4.69, 9.17) is 4.52 Å². The molecule has 1 fully saturated rings. The molecular weight excluding hydrogens is 266 g/mol. The number of aromatic nitrogens is 3. The quantitative estimate of drug-likeness (QED) is 0.835. The molecule has 21 heavy (non-hydrogen) atoms. The Hall–Kier alpha value is -1.95. The Balaban J connectivity index is 1.51. The lowest BCUT2D eigenvalue weighted by atomic mass is 10.3. The first-order valence-corrected chi connectivity index (χ1v) is 7.55. The highest BCUT2D eigenvalue weighted by molar-refractivity contribution is 5.38. The molecule has 0 unspecified atom stereocenters. The standard InChI is InChI=1S/C15H21N5O/c1-2-5-13-17-15(21-18-13)12-19-8-10-20(11-9-19)14-6-3-4-7-16-14/h3-4,6-7H,2,5,8-12H2,1H3. The largest absolute Gasteiger partial charge is 0.354 e. The van der Waals surface area contributed by atoms with Gasteiger partial charge in [-0.15, -0.1) is 0 Å². The van der Waals surface area contributed by atoms with Crippen molar-refractivity contribution in [3.05, 3.63) is 36.1 Å². The van der Waals surface area contributed by atoms with Crippen molar-refractivity contribution in [3.63, 3.8) is 0 Å². The Morgan fingerprint density at radius 1 is 1.19 bits per heavy atom. The minimum absolute atomic E-state index is 0.727. The SMILES string of the molecule is CCCc1noc(CN2CCN(c3ccccn3)CC2)n1. The number of nitrogens with zero attached hydrogens (tertiary/aromatic N) is 5. The summed E-state index contributed by atoms with van der Waals surface area (Å²) in [6.07, 6.45) is 3.77. The minimum Gasteiger partial charge on any atom is -0.354 e. The molecule has 0 spiro atoms. The van der Waals surface area contributed by atoms with E-state index >= 15 is 0 Å². The van der Waals surface area contributed by atoms with E-state index < -0.39 is 0 Å². The highest BCUT2D eigenvalue weighted by Gasteiger charge is 2.19. The van der Waals surface area contributed by atoms with Gasteiger partial charge in [0.05, 0.1) is 6.54 Å². The van der Waals surface area contributed by atoms with E-state index in [1.165, 1.54) is 0 Å². The van der Waals surface area contributed by atoms with Crippen LogP contribution < -0.4 is 4.90 Å². The van der Waals surface area contributed by atoms with Gasteiger partial charge in [-0.1, -0.05) is 18.1 Å². The lowest BCUT2D eigenvalue weighted by Crippen LogP contribution is -2.46. The summed E-state index contributed by atoms with van der Waals surface area (Å²) in [7, 11) is 0. The topological polar surface area (TPSA) is 58.3 Å². The summed E-state index contributed by atoms with van der Waals surface area (Å²) < 4.78 is 5.30. The predicted octanol–water partition coefficient (Wildman–Crippen LogP) is 1.74. The fraction of sp³-hybridized carbons (Fsp3) is 0.533. The third-order valence-corrected chi connectivity index (χ3v) is 3.69. The monoisotopic (exact) mass is 287 g/mol. The molecule has 0 atom stereocenters. The van der Waals surface area contributed by atoms with Gasteiger partial charge in [-0.3, -0.25) is 4.90 Å². The summed E-state index contributed by atoms with van der Waals surface area (Å²) in [6, 6.07) is 6.04. The molecule has 112 valence electrons. The van der Waals surface area contributed by atoms with Gasteiger partial charge < -0.3 is 9.42 Å². The summed E-state index contributed by atoms with van der Waals surface area (Å²) in [5.41, 5.74) is 0. The maximum absolute atomic E-state index is 5.30. The smallest absolute Gasteiger partial charge is 0.240 e. The molecule has 6 heteroatoms. The Morgan fingerprint density at radius 3 is 2.76 bits per heavy atom. The van der Waals surface area contributed by atoms with Gasteiger partial charge in [0.25, 0.3) is 0 Å². The van der Waals surface area contributed by atoms with Crippen LogP contribution in [0.15, 0.2) is 28.9 Å².